The smallest absolute Gasteiger partial charge is 0.245 e. The van der Waals surface area contributed by atoms with Crippen LogP contribution >= 0.6 is 0 Å². The van der Waals surface area contributed by atoms with E-state index in [-0.39, 0.29) is 115 Å². The first-order chi connectivity index (χ1) is 65.2. The Hall–Kier alpha value is -12.5. The molecule has 3 aliphatic rings. The molecule has 25 N–H and O–H groups in total. The van der Waals surface area contributed by atoms with Gasteiger partial charge in [-0.3, -0.25) is 87.1 Å². The van der Waals surface area contributed by atoms with E-state index >= 15 is 14.4 Å². The number of para-hydroxylation sites is 1. The minimum atomic E-state index is -3.87. The number of sulfone groups is 1. The molecule has 0 bridgehead atoms. The van der Waals surface area contributed by atoms with Crippen molar-refractivity contribution in [3.8, 4) is 0 Å². The van der Waals surface area contributed by atoms with Gasteiger partial charge in [-0.25, -0.2) is 13.5 Å². The summed E-state index contributed by atoms with van der Waals surface area (Å²) in [5.41, 5.74) is 25.3. The molecule has 0 saturated carbocycles. The average molecular weight is 1920 g/mol. The number of tetrazole rings is 1. The zero-order chi connectivity index (χ0) is 98.9. The number of nitrogens with one attached hydrogen (secondary N) is 15. The molecule has 0 radical (unpaired) electrons. The van der Waals surface area contributed by atoms with Crippen LogP contribution in [0, 0.1) is 5.41 Å². The number of fused-ring (bicyclic) bond motifs is 2. The SMILES string of the molecule is CCCC[C@H](NC(=O)[C@H](CN)NC(=O)[C@H](CC1=CCC=N1)NC(=O)[C@@H](CCC(N)=O)NC(=O)[C@H](CO)NC(=O)CNC(=O)CCCS(=O)(=O)CC(=O)CCCCCCCCCCCCCCCc1nnn[nH]1)C(=O)N[C@H]1CCC(=O)CCCCC[C@@H](C(N)=O)NC(=O)[C@H](Cc2c[nH]c3ccccc23)NC(=O)[C@H](CCCNC(=N)N)NC(=O)[C@@H](Cc2ccccc2)NC(=O)[C@@H]2C[C@@H](O)CN2C1=O. The van der Waals surface area contributed by atoms with Crippen molar-refractivity contribution in [1.82, 2.24) is 94.3 Å². The van der Waals surface area contributed by atoms with Crippen molar-refractivity contribution in [3.05, 3.63) is 89.5 Å². The molecular formula is C91H138N24O20S. The lowest BCUT2D eigenvalue weighted by Crippen LogP contribution is -2.61. The first-order valence-electron chi connectivity index (χ1n) is 47.2. The summed E-state index contributed by atoms with van der Waals surface area (Å²) in [6, 6.07) is -1.66. The second kappa shape index (κ2) is 59.4. The molecule has 3 aliphatic heterocycles. The van der Waals surface area contributed by atoms with Crippen molar-refractivity contribution < 1.29 is 95.3 Å². The number of allylic oxidation sites excluding steroid dienone is 1. The Morgan fingerprint density at radius 2 is 1.24 bits per heavy atom. The van der Waals surface area contributed by atoms with Crippen LogP contribution in [-0.2, 0) is 106 Å². The number of unbranched alkanes of at least 4 members (excludes halogenated alkanes) is 13. The fourth-order valence-electron chi connectivity index (χ4n) is 16.2. The summed E-state index contributed by atoms with van der Waals surface area (Å²) in [5.74, 6) is -15.1. The van der Waals surface area contributed by atoms with Gasteiger partial charge in [-0.05, 0) is 91.8 Å². The lowest BCUT2D eigenvalue weighted by molar-refractivity contribution is -0.143. The number of primary amides is 2. The van der Waals surface area contributed by atoms with Crippen molar-refractivity contribution in [1.29, 1.82) is 5.41 Å². The first-order valence-corrected chi connectivity index (χ1v) is 49.1. The number of aliphatic hydroxyl groups is 2. The summed E-state index contributed by atoms with van der Waals surface area (Å²) in [5, 5.41) is 74.8. The van der Waals surface area contributed by atoms with Crippen LogP contribution in [-0.4, -0.2) is 272 Å². The molecule has 2 fully saturated rings. The van der Waals surface area contributed by atoms with E-state index in [1.54, 1.807) is 61.7 Å². The van der Waals surface area contributed by atoms with Crippen LogP contribution < -0.4 is 86.7 Å². The molecule has 44 nitrogen and oxygen atoms in total. The predicted molar refractivity (Wildman–Crippen MR) is 502 cm³/mol. The quantitative estimate of drug-likeness (QED) is 0.0144. The van der Waals surface area contributed by atoms with Gasteiger partial charge in [0, 0.05) is 119 Å². The van der Waals surface area contributed by atoms with Gasteiger partial charge in [0.2, 0.25) is 82.7 Å². The molecule has 12 atom stereocenters. The van der Waals surface area contributed by atoms with E-state index in [9.17, 15) is 81.0 Å². The van der Waals surface area contributed by atoms with Crippen LogP contribution in [0.2, 0.25) is 0 Å². The highest BCUT2D eigenvalue weighted by Crippen LogP contribution is 2.25. The van der Waals surface area contributed by atoms with E-state index in [2.05, 4.69) is 94.4 Å². The van der Waals surface area contributed by atoms with E-state index in [1.807, 2.05) is 12.1 Å². The molecule has 4 aromatic rings. The van der Waals surface area contributed by atoms with Gasteiger partial charge < -0.3 is 107 Å². The third-order valence-corrected chi connectivity index (χ3v) is 25.4. The molecule has 0 unspecified atom stereocenters. The highest BCUT2D eigenvalue weighted by Gasteiger charge is 2.44. The number of carbonyl (C=O) groups excluding carboxylic acids is 16. The number of H-pyrrole nitrogens is 2. The number of amides is 14. The van der Waals surface area contributed by atoms with Gasteiger partial charge in [-0.15, -0.1) is 5.10 Å². The number of aromatic nitrogens is 5. The molecule has 2 aromatic carbocycles. The third-order valence-electron chi connectivity index (χ3n) is 23.8. The third kappa shape index (κ3) is 40.2. The number of benzene rings is 2. The van der Waals surface area contributed by atoms with Crippen LogP contribution in [0.4, 0.5) is 0 Å². The lowest BCUT2D eigenvalue weighted by Gasteiger charge is -2.31. The molecule has 0 aliphatic carbocycles. The molecule has 0 spiro atoms. The molecule has 7 rings (SSSR count). The number of nitrogens with two attached hydrogens (primary N) is 4. The summed E-state index contributed by atoms with van der Waals surface area (Å²) in [6.45, 7) is -1.15. The Balaban J connectivity index is 0.980. The molecule has 2 aromatic heterocycles. The van der Waals surface area contributed by atoms with Crippen molar-refractivity contribution in [2.45, 2.75) is 311 Å². The molecular weight excluding hydrogens is 1780 g/mol. The standard InChI is InChI=1S/C91H138N24O20S/c1-2-3-34-66(81(124)106-69-41-40-60(117)31-20-16-21-36-65(80(94)123)102-85(128)71(48-58-52-99-64-35-24-23-33-63(58)64)107-82(125)67(37-26-45-98-91(95)96)103-84(127)70(47-57-28-17-15-18-29-57)109-89(132)75-50-62(119)54-115(75)90(69)133)104-87(130)73(51-92)110-86(129)72(49-59-30-25-44-97-59)108-83(126)68(42-43-76(93)120)105-88(131)74(55-116)101-79(122)53-100-78(121)39-27-46-136(134,135)56-61(118)32-19-13-11-9-7-5-4-6-8-10-12-14-22-38-77-111-113-114-112-77/h15,17-18,23-24,28-30,33,35,44,52,62,65-75,99,116,119H,2-14,16,19-22,25-27,31-32,34,36-43,45-51,53-56,92H2,1H3,(H2,93,120)(H2,94,123)(H,100,121)(H,101,122)(H,102,128)(H,103,127)(H,104,130)(H,105,131)(H,106,124)(H,107,125)(H,108,126)(H,109,132)(H,110,129)(H4,95,96,98)(H,111,112,113,114)/t62-,65+,66+,67+,68-,69+,70-,71+,72+,73+,74+,75+/m1/s1. The topological polar surface area (TPSA) is 706 Å². The first kappa shape index (κ1) is 110. The Labute approximate surface area is 790 Å². The highest BCUT2D eigenvalue weighted by molar-refractivity contribution is 7.92. The Bertz CT molecular complexity index is 4820. The maximum Gasteiger partial charge on any atom is 0.245 e. The van der Waals surface area contributed by atoms with Crippen molar-refractivity contribution in [2.24, 2.45) is 27.9 Å². The van der Waals surface area contributed by atoms with Gasteiger partial charge in [-0.2, -0.15) is 0 Å². The number of aryl methyl sites for hydroxylation is 1. The Morgan fingerprint density at radius 1 is 0.618 bits per heavy atom. The molecule has 748 valence electrons. The number of aromatic amines is 2. The normalized spacial score (nSPS) is 19.4. The summed E-state index contributed by atoms with van der Waals surface area (Å²) in [6.07, 6.45) is 16.2. The van der Waals surface area contributed by atoms with Gasteiger partial charge >= 0.3 is 0 Å². The maximum absolute atomic E-state index is 15.4. The molecule has 45 heteroatoms. The van der Waals surface area contributed by atoms with Gasteiger partial charge in [0.25, 0.3) is 0 Å². The van der Waals surface area contributed by atoms with Gasteiger partial charge in [0.05, 0.1) is 25.0 Å². The second-order valence-electron chi connectivity index (χ2n) is 34.8. The van der Waals surface area contributed by atoms with E-state index in [0.717, 1.165) is 73.0 Å². The van der Waals surface area contributed by atoms with Crippen LogP contribution in [0.1, 0.15) is 236 Å². The van der Waals surface area contributed by atoms with E-state index in [1.165, 1.54) is 38.3 Å². The van der Waals surface area contributed by atoms with Crippen molar-refractivity contribution in [3.63, 3.8) is 0 Å². The average Bonchev–Trinajstić information content (AvgIpc) is 1.66. The number of rotatable bonds is 54. The number of nitrogens with zero attached hydrogens (tertiary/aromatic N) is 5. The number of aliphatic imine (C=N–C) groups is 1. The fourth-order valence-corrected chi connectivity index (χ4v) is 17.5. The number of aliphatic hydroxyl groups excluding tert-OH is 2. The lowest BCUT2D eigenvalue weighted by atomic mass is 10.00. The molecule has 136 heavy (non-hydrogen) atoms. The minimum Gasteiger partial charge on any atom is -0.394 e. The number of hydrogen-bond donors (Lipinski definition) is 21. The van der Waals surface area contributed by atoms with Gasteiger partial charge in [0.15, 0.2) is 15.8 Å². The van der Waals surface area contributed by atoms with Crippen LogP contribution in [0.15, 0.2) is 77.6 Å². The monoisotopic (exact) mass is 1920 g/mol. The fraction of sp³-hybridized carbons (Fsp3) is 0.615. The summed E-state index contributed by atoms with van der Waals surface area (Å²) in [4.78, 5) is 234. The maximum atomic E-state index is 15.4. The highest BCUT2D eigenvalue weighted by atomic mass is 32.2. The largest absolute Gasteiger partial charge is 0.394 e. The molecule has 5 heterocycles. The second-order valence-corrected chi connectivity index (χ2v) is 37.0. The number of hydrogen-bond acceptors (Lipinski definition) is 26. The van der Waals surface area contributed by atoms with E-state index < -0.39 is 240 Å². The van der Waals surface area contributed by atoms with Crippen LogP contribution in [0.5, 0.6) is 0 Å². The van der Waals surface area contributed by atoms with Crippen LogP contribution in [0.25, 0.3) is 10.9 Å². The molecule has 2 saturated heterocycles. The Morgan fingerprint density at radius 3 is 1.89 bits per heavy atom. The zero-order valence-corrected chi connectivity index (χ0v) is 78.3. The predicted octanol–water partition coefficient (Wildman–Crippen LogP) is -0.922. The van der Waals surface area contributed by atoms with E-state index in [4.69, 9.17) is 28.3 Å². The Kier molecular flexibility index (Phi) is 48.2. The number of carbonyl (C=O) groups is 16. The van der Waals surface area contributed by atoms with Gasteiger partial charge in [0.1, 0.15) is 89.6 Å². The summed E-state index contributed by atoms with van der Waals surface area (Å²) in [7, 11) is -3.87. The van der Waals surface area contributed by atoms with Crippen molar-refractivity contribution >= 4 is 127 Å². The van der Waals surface area contributed by atoms with Gasteiger partial charge in [-0.1, -0.05) is 158 Å². The molecule has 14 amide bonds. The number of Topliss-reactive ketones (excluding diaryl/α,β-unsaturated/α-hetero) is 2. The van der Waals surface area contributed by atoms with Crippen molar-refractivity contribution in [2.75, 3.05) is 44.3 Å². The zero-order valence-electron chi connectivity index (χ0n) is 77.5. The summed E-state index contributed by atoms with van der Waals surface area (Å²) >= 11 is 0. The van der Waals surface area contributed by atoms with E-state index in [0.29, 0.717) is 36.8 Å². The minimum absolute atomic E-state index is 0.00223. The number of guanidine groups is 1. The number of ketones is 2. The summed E-state index contributed by atoms with van der Waals surface area (Å²) < 4.78 is 25.7. The van der Waals surface area contributed by atoms with Crippen LogP contribution in [0.3, 0.4) is 0 Å².